The Bertz CT molecular complexity index is 365. The summed E-state index contributed by atoms with van der Waals surface area (Å²) in [5.74, 6) is 0.190. The van der Waals surface area contributed by atoms with E-state index in [-0.39, 0.29) is 5.88 Å². The standard InChI is InChI=1S/C11H17NOS2/c1-2-3-4-5-6-7-8-9-10(13)12-11(14)15-9/h7-8,13H,2-6H2,1H3,(H,12,14)/b8-7-. The molecule has 1 rings (SSSR count). The normalized spacial score (nSPS) is 11.3. The van der Waals surface area contributed by atoms with E-state index in [1.807, 2.05) is 6.08 Å². The van der Waals surface area contributed by atoms with Gasteiger partial charge >= 0.3 is 0 Å². The Morgan fingerprint density at radius 2 is 2.20 bits per heavy atom. The van der Waals surface area contributed by atoms with Crippen molar-refractivity contribution in [3.63, 3.8) is 0 Å². The molecule has 4 heteroatoms. The van der Waals surface area contributed by atoms with Crippen molar-refractivity contribution in [3.05, 3.63) is 14.9 Å². The van der Waals surface area contributed by atoms with Gasteiger partial charge in [-0.05, 0) is 31.1 Å². The van der Waals surface area contributed by atoms with Crippen molar-refractivity contribution in [2.75, 3.05) is 0 Å². The predicted octanol–water partition coefficient (Wildman–Crippen LogP) is 4.49. The van der Waals surface area contributed by atoms with Gasteiger partial charge in [0.25, 0.3) is 0 Å². The first-order chi connectivity index (χ1) is 7.24. The molecule has 1 aromatic rings. The molecule has 0 saturated heterocycles. The van der Waals surface area contributed by atoms with Crippen LogP contribution in [0.25, 0.3) is 6.08 Å². The summed E-state index contributed by atoms with van der Waals surface area (Å²) in [6.07, 6.45) is 10.2. The Labute approximate surface area is 99.7 Å². The number of allylic oxidation sites excluding steroid dienone is 1. The number of unbranched alkanes of at least 4 members (excludes halogenated alkanes) is 4. The fourth-order valence-corrected chi connectivity index (χ4v) is 2.35. The summed E-state index contributed by atoms with van der Waals surface area (Å²) >= 11 is 6.33. The number of aromatic nitrogens is 1. The van der Waals surface area contributed by atoms with Gasteiger partial charge in [0.2, 0.25) is 5.88 Å². The van der Waals surface area contributed by atoms with Crippen molar-refractivity contribution >= 4 is 29.6 Å². The third-order valence-corrected chi connectivity index (χ3v) is 3.34. The number of thiazole rings is 1. The smallest absolute Gasteiger partial charge is 0.207 e. The molecule has 0 unspecified atom stereocenters. The van der Waals surface area contributed by atoms with Crippen LogP contribution >= 0.6 is 23.6 Å². The lowest BCUT2D eigenvalue weighted by Gasteiger charge is -1.93. The molecule has 0 spiro atoms. The minimum Gasteiger partial charge on any atom is -0.494 e. The highest BCUT2D eigenvalue weighted by Crippen LogP contribution is 2.22. The van der Waals surface area contributed by atoms with Gasteiger partial charge in [-0.2, -0.15) is 0 Å². The zero-order valence-electron chi connectivity index (χ0n) is 8.95. The van der Waals surface area contributed by atoms with E-state index in [2.05, 4.69) is 18.0 Å². The molecule has 0 aliphatic heterocycles. The first kappa shape index (κ1) is 12.5. The summed E-state index contributed by atoms with van der Waals surface area (Å²) < 4.78 is 0.623. The second-order valence-electron chi connectivity index (χ2n) is 3.48. The SMILES string of the molecule is CCCCCC/C=C\c1sc(=S)[nH]c1O. The van der Waals surface area contributed by atoms with Crippen molar-refractivity contribution in [2.24, 2.45) is 0 Å². The zero-order valence-corrected chi connectivity index (χ0v) is 10.6. The third kappa shape index (κ3) is 4.62. The average Bonchev–Trinajstić information content (AvgIpc) is 2.51. The second-order valence-corrected chi connectivity index (χ2v) is 5.20. The number of nitrogens with one attached hydrogen (secondary N) is 1. The van der Waals surface area contributed by atoms with Crippen LogP contribution in [0.5, 0.6) is 5.88 Å². The van der Waals surface area contributed by atoms with Gasteiger partial charge in [-0.15, -0.1) is 11.3 Å². The molecule has 0 atom stereocenters. The van der Waals surface area contributed by atoms with Crippen LogP contribution in [0.1, 0.15) is 43.9 Å². The number of aromatic hydroxyl groups is 1. The van der Waals surface area contributed by atoms with Gasteiger partial charge in [0.1, 0.15) is 0 Å². The molecule has 15 heavy (non-hydrogen) atoms. The average molecular weight is 243 g/mol. The highest BCUT2D eigenvalue weighted by Gasteiger charge is 1.99. The summed E-state index contributed by atoms with van der Waals surface area (Å²) in [5, 5.41) is 9.41. The van der Waals surface area contributed by atoms with Crippen LogP contribution in [0, 0.1) is 3.95 Å². The van der Waals surface area contributed by atoms with Gasteiger partial charge in [0.05, 0.1) is 4.88 Å². The van der Waals surface area contributed by atoms with Crippen LogP contribution < -0.4 is 0 Å². The molecule has 0 aliphatic carbocycles. The molecule has 84 valence electrons. The summed E-state index contributed by atoms with van der Waals surface area (Å²) in [5.41, 5.74) is 0. The van der Waals surface area contributed by atoms with Crippen molar-refractivity contribution in [1.82, 2.24) is 4.98 Å². The number of hydrogen-bond acceptors (Lipinski definition) is 3. The van der Waals surface area contributed by atoms with Gasteiger partial charge < -0.3 is 10.1 Å². The minimum absolute atomic E-state index is 0.190. The van der Waals surface area contributed by atoms with Crippen molar-refractivity contribution in [3.8, 4) is 5.88 Å². The maximum atomic E-state index is 9.41. The van der Waals surface area contributed by atoms with E-state index in [1.165, 1.54) is 37.0 Å². The fourth-order valence-electron chi connectivity index (χ4n) is 1.32. The van der Waals surface area contributed by atoms with E-state index in [0.29, 0.717) is 3.95 Å². The van der Waals surface area contributed by atoms with E-state index >= 15 is 0 Å². The molecule has 2 N–H and O–H groups in total. The van der Waals surface area contributed by atoms with Gasteiger partial charge in [0, 0.05) is 0 Å². The Morgan fingerprint density at radius 1 is 1.40 bits per heavy atom. The van der Waals surface area contributed by atoms with Crippen LogP contribution in [-0.2, 0) is 0 Å². The highest BCUT2D eigenvalue weighted by molar-refractivity contribution is 7.73. The molecule has 0 aliphatic rings. The first-order valence-corrected chi connectivity index (χ1v) is 6.55. The monoisotopic (exact) mass is 243 g/mol. The minimum atomic E-state index is 0.190. The van der Waals surface area contributed by atoms with Crippen LogP contribution in [0.2, 0.25) is 0 Å². The number of H-pyrrole nitrogens is 1. The lowest BCUT2D eigenvalue weighted by Crippen LogP contribution is -1.73. The van der Waals surface area contributed by atoms with Gasteiger partial charge in [-0.25, -0.2) is 0 Å². The maximum Gasteiger partial charge on any atom is 0.207 e. The Kier molecular flexibility index (Phi) is 5.65. The summed E-state index contributed by atoms with van der Waals surface area (Å²) in [6.45, 7) is 2.21. The van der Waals surface area contributed by atoms with E-state index < -0.39 is 0 Å². The highest BCUT2D eigenvalue weighted by atomic mass is 32.1. The van der Waals surface area contributed by atoms with E-state index in [1.54, 1.807) is 0 Å². The van der Waals surface area contributed by atoms with Crippen LogP contribution in [0.15, 0.2) is 6.08 Å². The molecule has 0 radical (unpaired) electrons. The maximum absolute atomic E-state index is 9.41. The van der Waals surface area contributed by atoms with Gasteiger partial charge in [-0.3, -0.25) is 0 Å². The van der Waals surface area contributed by atoms with Crippen molar-refractivity contribution in [2.45, 2.75) is 39.0 Å². The molecule has 0 aromatic carbocycles. The molecule has 1 aromatic heterocycles. The zero-order chi connectivity index (χ0) is 11.1. The Balaban J connectivity index is 2.32. The van der Waals surface area contributed by atoms with E-state index in [0.717, 1.165) is 11.3 Å². The van der Waals surface area contributed by atoms with Crippen LogP contribution in [0.4, 0.5) is 0 Å². The summed E-state index contributed by atoms with van der Waals surface area (Å²) in [7, 11) is 0. The first-order valence-electron chi connectivity index (χ1n) is 5.32. The molecule has 0 amide bonds. The van der Waals surface area contributed by atoms with Gasteiger partial charge in [-0.1, -0.05) is 32.3 Å². The summed E-state index contributed by atoms with van der Waals surface area (Å²) in [6, 6.07) is 0. The number of aromatic amines is 1. The van der Waals surface area contributed by atoms with Gasteiger partial charge in [0.15, 0.2) is 3.95 Å². The van der Waals surface area contributed by atoms with E-state index in [4.69, 9.17) is 12.2 Å². The molecular weight excluding hydrogens is 226 g/mol. The largest absolute Gasteiger partial charge is 0.494 e. The molecule has 1 heterocycles. The molecule has 0 fully saturated rings. The van der Waals surface area contributed by atoms with Crippen molar-refractivity contribution in [1.29, 1.82) is 0 Å². The third-order valence-electron chi connectivity index (χ3n) is 2.15. The molecule has 2 nitrogen and oxygen atoms in total. The fraction of sp³-hybridized carbons (Fsp3) is 0.545. The lowest BCUT2D eigenvalue weighted by molar-refractivity contribution is 0.456. The molecule has 0 saturated carbocycles. The van der Waals surface area contributed by atoms with Crippen LogP contribution in [-0.4, -0.2) is 10.1 Å². The summed E-state index contributed by atoms with van der Waals surface area (Å²) in [4.78, 5) is 3.54. The number of hydrogen-bond donors (Lipinski definition) is 2. The van der Waals surface area contributed by atoms with Crippen LogP contribution in [0.3, 0.4) is 0 Å². The van der Waals surface area contributed by atoms with E-state index in [9.17, 15) is 5.11 Å². The quantitative estimate of drug-likeness (QED) is 0.570. The topological polar surface area (TPSA) is 36.0 Å². The molecular formula is C11H17NOS2. The number of rotatable bonds is 6. The lowest BCUT2D eigenvalue weighted by atomic mass is 10.1. The molecule has 0 bridgehead atoms. The Hall–Kier alpha value is -0.610. The van der Waals surface area contributed by atoms with Crippen molar-refractivity contribution < 1.29 is 5.11 Å². The second kappa shape index (κ2) is 6.80. The Morgan fingerprint density at radius 3 is 2.80 bits per heavy atom. The predicted molar refractivity (Wildman–Crippen MR) is 69.0 cm³/mol.